The van der Waals surface area contributed by atoms with Crippen LogP contribution < -0.4 is 10.1 Å². The molecule has 1 aromatic heterocycles. The van der Waals surface area contributed by atoms with Gasteiger partial charge in [-0.3, -0.25) is 0 Å². The van der Waals surface area contributed by atoms with Crippen LogP contribution in [-0.4, -0.2) is 52.2 Å². The third-order valence-electron chi connectivity index (χ3n) is 8.40. The van der Waals surface area contributed by atoms with E-state index in [1.165, 1.54) is 18.4 Å². The molecule has 3 aliphatic heterocycles. The summed E-state index contributed by atoms with van der Waals surface area (Å²) in [5.41, 5.74) is 3.92. The van der Waals surface area contributed by atoms with Crippen LogP contribution >= 0.6 is 0 Å². The Morgan fingerprint density at radius 2 is 2.09 bits per heavy atom. The molecule has 1 aliphatic carbocycles. The van der Waals surface area contributed by atoms with Crippen LogP contribution in [0.3, 0.4) is 0 Å². The lowest BCUT2D eigenvalue weighted by Gasteiger charge is -2.46. The molecule has 0 radical (unpaired) electrons. The van der Waals surface area contributed by atoms with Gasteiger partial charge in [0, 0.05) is 42.4 Å². The van der Waals surface area contributed by atoms with E-state index in [1.807, 2.05) is 4.90 Å². The van der Waals surface area contributed by atoms with Crippen molar-refractivity contribution in [2.24, 2.45) is 5.92 Å². The fraction of sp³-hybridized carbons (Fsp3) is 0.643. The molecule has 35 heavy (non-hydrogen) atoms. The first-order valence-corrected chi connectivity index (χ1v) is 13.3. The van der Waals surface area contributed by atoms with Crippen LogP contribution in [-0.2, 0) is 10.3 Å². The third kappa shape index (κ3) is 4.22. The summed E-state index contributed by atoms with van der Waals surface area (Å²) in [6, 6.07) is 6.41. The fourth-order valence-electron chi connectivity index (χ4n) is 6.25. The predicted molar refractivity (Wildman–Crippen MR) is 135 cm³/mol. The van der Waals surface area contributed by atoms with Crippen LogP contribution in [0.2, 0.25) is 0 Å². The quantitative estimate of drug-likeness (QED) is 0.630. The van der Waals surface area contributed by atoms with Gasteiger partial charge in [0.1, 0.15) is 11.6 Å². The standard InChI is InChI=1S/C28H38N4O3/c1-17-5-8-21-22(13-17)35-28(10-12-32(18(2)14-28)26(33)34-16-19-6-7-19)24-23(21)30-25(31-24)20-9-11-29-27(3,4)15-20/h5,8,13,18-20,29H,6-7,9-12,14-16H2,1-4H3,(H,30,31)/t18-,20?,28+/m0/s1. The zero-order chi connectivity index (χ0) is 24.4. The van der Waals surface area contributed by atoms with Crippen molar-refractivity contribution in [1.29, 1.82) is 0 Å². The SMILES string of the molecule is Cc1ccc2c(c1)O[C@@]1(CCN(C(=O)OCC3CC3)[C@@H](C)C1)c1[nH]c(C3CCNC(C)(C)C3)nc1-2. The van der Waals surface area contributed by atoms with Gasteiger partial charge in [-0.25, -0.2) is 9.78 Å². The normalized spacial score (nSPS) is 29.3. The van der Waals surface area contributed by atoms with Crippen molar-refractivity contribution in [3.63, 3.8) is 0 Å². The van der Waals surface area contributed by atoms with Crippen molar-refractivity contribution in [2.45, 2.75) is 89.3 Å². The van der Waals surface area contributed by atoms with E-state index in [1.54, 1.807) is 0 Å². The maximum absolute atomic E-state index is 12.8. The van der Waals surface area contributed by atoms with Gasteiger partial charge in [0.15, 0.2) is 5.60 Å². The largest absolute Gasteiger partial charge is 0.480 e. The number of nitrogens with zero attached hydrogens (tertiary/aromatic N) is 2. The van der Waals surface area contributed by atoms with Gasteiger partial charge in [0.25, 0.3) is 0 Å². The third-order valence-corrected chi connectivity index (χ3v) is 8.40. The molecule has 6 rings (SSSR count). The number of rotatable bonds is 3. The van der Waals surface area contributed by atoms with Crippen molar-refractivity contribution < 1.29 is 14.3 Å². The zero-order valence-corrected chi connectivity index (χ0v) is 21.4. The molecule has 188 valence electrons. The van der Waals surface area contributed by atoms with Gasteiger partial charge in [0.05, 0.1) is 18.0 Å². The molecule has 1 spiro atoms. The fourth-order valence-corrected chi connectivity index (χ4v) is 6.25. The number of hydrogen-bond donors (Lipinski definition) is 2. The molecule has 2 saturated heterocycles. The van der Waals surface area contributed by atoms with E-state index in [9.17, 15) is 4.79 Å². The number of likely N-dealkylation sites (tertiary alicyclic amines) is 1. The van der Waals surface area contributed by atoms with E-state index in [4.69, 9.17) is 14.5 Å². The highest BCUT2D eigenvalue weighted by atomic mass is 16.6. The second-order valence-electron chi connectivity index (χ2n) is 12.0. The summed E-state index contributed by atoms with van der Waals surface area (Å²) in [6.45, 7) is 10.9. The highest BCUT2D eigenvalue weighted by Gasteiger charge is 2.49. The number of imidazole rings is 1. The average molecular weight is 479 g/mol. The van der Waals surface area contributed by atoms with Gasteiger partial charge >= 0.3 is 6.09 Å². The number of aryl methyl sites for hydroxylation is 1. The van der Waals surface area contributed by atoms with E-state index in [0.717, 1.165) is 54.3 Å². The molecule has 4 heterocycles. The second-order valence-corrected chi connectivity index (χ2v) is 12.0. The zero-order valence-electron chi connectivity index (χ0n) is 21.4. The number of nitrogens with one attached hydrogen (secondary N) is 2. The lowest BCUT2D eigenvalue weighted by Crippen LogP contribution is -2.53. The van der Waals surface area contributed by atoms with Crippen molar-refractivity contribution in [3.05, 3.63) is 35.3 Å². The molecule has 2 N–H and O–H groups in total. The smallest absolute Gasteiger partial charge is 0.410 e. The van der Waals surface area contributed by atoms with Crippen molar-refractivity contribution in [1.82, 2.24) is 20.2 Å². The van der Waals surface area contributed by atoms with Crippen molar-refractivity contribution in [2.75, 3.05) is 19.7 Å². The monoisotopic (exact) mass is 478 g/mol. The Kier molecular flexibility index (Phi) is 5.40. The van der Waals surface area contributed by atoms with Gasteiger partial charge in [-0.15, -0.1) is 0 Å². The number of benzene rings is 1. The minimum atomic E-state index is -0.517. The summed E-state index contributed by atoms with van der Waals surface area (Å²) in [4.78, 5) is 23.7. The molecular formula is C28H38N4O3. The van der Waals surface area contributed by atoms with Crippen LogP contribution in [0.5, 0.6) is 5.75 Å². The number of carbonyl (C=O) groups excluding carboxylic acids is 1. The highest BCUT2D eigenvalue weighted by Crippen LogP contribution is 2.50. The molecule has 1 unspecified atom stereocenters. The number of hydrogen-bond acceptors (Lipinski definition) is 5. The average Bonchev–Trinajstić information content (AvgIpc) is 3.52. The number of amides is 1. The molecule has 1 amide bonds. The van der Waals surface area contributed by atoms with E-state index >= 15 is 0 Å². The Hall–Kier alpha value is -2.54. The summed E-state index contributed by atoms with van der Waals surface area (Å²) in [6.07, 6.45) is 5.72. The summed E-state index contributed by atoms with van der Waals surface area (Å²) in [7, 11) is 0. The molecule has 1 aromatic carbocycles. The predicted octanol–water partition coefficient (Wildman–Crippen LogP) is 5.25. The minimum Gasteiger partial charge on any atom is -0.480 e. The summed E-state index contributed by atoms with van der Waals surface area (Å²) in [5, 5.41) is 3.63. The van der Waals surface area contributed by atoms with Crippen LogP contribution in [0, 0.1) is 12.8 Å². The summed E-state index contributed by atoms with van der Waals surface area (Å²) < 4.78 is 12.5. The molecular weight excluding hydrogens is 440 g/mol. The lowest BCUT2D eigenvalue weighted by molar-refractivity contribution is -0.0303. The maximum atomic E-state index is 12.8. The van der Waals surface area contributed by atoms with Crippen molar-refractivity contribution in [3.8, 4) is 17.0 Å². The van der Waals surface area contributed by atoms with E-state index < -0.39 is 5.60 Å². The van der Waals surface area contributed by atoms with Gasteiger partial charge < -0.3 is 24.7 Å². The Balaban J connectivity index is 1.32. The molecule has 2 aromatic rings. The molecule has 1 saturated carbocycles. The first kappa shape index (κ1) is 22.9. The molecule has 7 nitrogen and oxygen atoms in total. The second kappa shape index (κ2) is 8.26. The highest BCUT2D eigenvalue weighted by molar-refractivity contribution is 5.74. The van der Waals surface area contributed by atoms with Crippen LogP contribution in [0.25, 0.3) is 11.3 Å². The summed E-state index contributed by atoms with van der Waals surface area (Å²) in [5.74, 6) is 2.92. The Morgan fingerprint density at radius 3 is 2.83 bits per heavy atom. The molecule has 4 aliphatic rings. The lowest BCUT2D eigenvalue weighted by atomic mass is 9.80. The van der Waals surface area contributed by atoms with Gasteiger partial charge in [-0.05, 0) is 83.5 Å². The molecule has 3 atom stereocenters. The topological polar surface area (TPSA) is 79.5 Å². The Labute approximate surface area is 208 Å². The number of piperidine rings is 2. The number of aromatic nitrogens is 2. The van der Waals surface area contributed by atoms with Crippen molar-refractivity contribution >= 4 is 6.09 Å². The number of carbonyl (C=O) groups is 1. The maximum Gasteiger partial charge on any atom is 0.410 e. The first-order valence-electron chi connectivity index (χ1n) is 13.3. The first-order chi connectivity index (χ1) is 16.7. The van der Waals surface area contributed by atoms with Crippen LogP contribution in [0.4, 0.5) is 4.79 Å². The van der Waals surface area contributed by atoms with E-state index in [0.29, 0.717) is 31.4 Å². The van der Waals surface area contributed by atoms with E-state index in [-0.39, 0.29) is 17.7 Å². The van der Waals surface area contributed by atoms with Crippen LogP contribution in [0.1, 0.15) is 82.3 Å². The molecule has 7 heteroatoms. The molecule has 3 fully saturated rings. The number of fused-ring (bicyclic) bond motifs is 4. The van der Waals surface area contributed by atoms with Crippen LogP contribution in [0.15, 0.2) is 18.2 Å². The molecule has 0 bridgehead atoms. The Bertz CT molecular complexity index is 1140. The number of ether oxygens (including phenoxy) is 2. The van der Waals surface area contributed by atoms with Gasteiger partial charge in [-0.1, -0.05) is 6.07 Å². The minimum absolute atomic E-state index is 0.0132. The van der Waals surface area contributed by atoms with Gasteiger partial charge in [0.2, 0.25) is 0 Å². The van der Waals surface area contributed by atoms with E-state index in [2.05, 4.69) is 56.2 Å². The Morgan fingerprint density at radius 1 is 1.26 bits per heavy atom. The summed E-state index contributed by atoms with van der Waals surface area (Å²) >= 11 is 0. The van der Waals surface area contributed by atoms with Gasteiger partial charge in [-0.2, -0.15) is 0 Å². The number of H-pyrrole nitrogens is 1. The number of aromatic amines is 1.